The summed E-state index contributed by atoms with van der Waals surface area (Å²) in [5, 5.41) is 10.6. The van der Waals surface area contributed by atoms with E-state index in [4.69, 9.17) is 4.42 Å². The Labute approximate surface area is 132 Å². The quantitative estimate of drug-likeness (QED) is 0.804. The minimum Gasteiger partial charge on any atom is -0.419 e. The van der Waals surface area contributed by atoms with Gasteiger partial charge in [0.15, 0.2) is 0 Å². The highest BCUT2D eigenvalue weighted by Gasteiger charge is 2.12. The number of nitrogens with one attached hydrogen (secondary N) is 1. The molecule has 1 heterocycles. The molecule has 0 saturated carbocycles. The van der Waals surface area contributed by atoms with Crippen LogP contribution >= 0.6 is 0 Å². The van der Waals surface area contributed by atoms with E-state index in [1.807, 2.05) is 31.2 Å². The molecule has 3 aromatic rings. The maximum atomic E-state index is 12.8. The number of carbonyl (C=O) groups excluding carboxylic acids is 1. The summed E-state index contributed by atoms with van der Waals surface area (Å²) in [5.74, 6) is -0.00480. The van der Waals surface area contributed by atoms with Crippen LogP contribution in [-0.2, 0) is 6.54 Å². The van der Waals surface area contributed by atoms with E-state index in [9.17, 15) is 9.18 Å². The van der Waals surface area contributed by atoms with E-state index in [1.165, 1.54) is 24.3 Å². The first-order chi connectivity index (χ1) is 11.1. The number of aromatic nitrogens is 2. The predicted molar refractivity (Wildman–Crippen MR) is 82.0 cm³/mol. The fraction of sp³-hybridized carbons (Fsp3) is 0.118. The third-order valence-corrected chi connectivity index (χ3v) is 3.35. The molecule has 0 aliphatic rings. The molecule has 23 heavy (non-hydrogen) atoms. The van der Waals surface area contributed by atoms with E-state index in [2.05, 4.69) is 15.5 Å². The number of carbonyl (C=O) groups is 1. The number of hydrogen-bond donors (Lipinski definition) is 1. The molecule has 0 fully saturated rings. The second-order valence-corrected chi connectivity index (χ2v) is 5.01. The molecule has 2 aromatic carbocycles. The minimum absolute atomic E-state index is 0.106. The highest BCUT2D eigenvalue weighted by molar-refractivity contribution is 5.94. The molecule has 1 N–H and O–H groups in total. The van der Waals surface area contributed by atoms with Gasteiger partial charge in [0.25, 0.3) is 5.91 Å². The molecule has 0 aliphatic carbocycles. The lowest BCUT2D eigenvalue weighted by Gasteiger charge is -2.02. The Bertz CT molecular complexity index is 828. The Morgan fingerprint density at radius 2 is 1.87 bits per heavy atom. The van der Waals surface area contributed by atoms with Crippen molar-refractivity contribution < 1.29 is 13.6 Å². The molecule has 116 valence electrons. The van der Waals surface area contributed by atoms with Gasteiger partial charge in [-0.1, -0.05) is 18.2 Å². The van der Waals surface area contributed by atoms with Crippen LogP contribution in [0.4, 0.5) is 4.39 Å². The molecule has 0 bridgehead atoms. The van der Waals surface area contributed by atoms with Gasteiger partial charge in [0.2, 0.25) is 11.8 Å². The van der Waals surface area contributed by atoms with E-state index in [-0.39, 0.29) is 18.3 Å². The van der Waals surface area contributed by atoms with Crippen molar-refractivity contribution in [2.45, 2.75) is 13.5 Å². The molecule has 5 nitrogen and oxygen atoms in total. The van der Waals surface area contributed by atoms with E-state index in [1.54, 1.807) is 0 Å². The Morgan fingerprint density at radius 3 is 2.61 bits per heavy atom. The van der Waals surface area contributed by atoms with Crippen LogP contribution in [0.25, 0.3) is 11.5 Å². The Kier molecular flexibility index (Phi) is 4.14. The molecular weight excluding hydrogens is 297 g/mol. The van der Waals surface area contributed by atoms with Gasteiger partial charge in [0.05, 0.1) is 6.54 Å². The average molecular weight is 311 g/mol. The number of aryl methyl sites for hydroxylation is 1. The van der Waals surface area contributed by atoms with Gasteiger partial charge in [-0.05, 0) is 42.8 Å². The first-order valence-electron chi connectivity index (χ1n) is 7.05. The molecule has 1 aromatic heterocycles. The Balaban J connectivity index is 1.67. The SMILES string of the molecule is Cc1ccccc1-c1nnc(CNC(=O)c2ccc(F)cc2)o1. The van der Waals surface area contributed by atoms with Crippen molar-refractivity contribution in [3.8, 4) is 11.5 Å². The van der Waals surface area contributed by atoms with Gasteiger partial charge in [0, 0.05) is 11.1 Å². The minimum atomic E-state index is -0.388. The van der Waals surface area contributed by atoms with E-state index >= 15 is 0 Å². The van der Waals surface area contributed by atoms with Gasteiger partial charge >= 0.3 is 0 Å². The molecule has 0 aliphatic heterocycles. The third-order valence-electron chi connectivity index (χ3n) is 3.35. The number of amides is 1. The maximum absolute atomic E-state index is 12.8. The molecule has 6 heteroatoms. The van der Waals surface area contributed by atoms with Crippen LogP contribution in [0.2, 0.25) is 0 Å². The fourth-order valence-electron chi connectivity index (χ4n) is 2.11. The van der Waals surface area contributed by atoms with Crippen LogP contribution in [-0.4, -0.2) is 16.1 Å². The van der Waals surface area contributed by atoms with Crippen molar-refractivity contribution in [1.82, 2.24) is 15.5 Å². The van der Waals surface area contributed by atoms with E-state index in [0.717, 1.165) is 11.1 Å². The summed E-state index contributed by atoms with van der Waals surface area (Å²) in [7, 11) is 0. The van der Waals surface area contributed by atoms with E-state index < -0.39 is 0 Å². The van der Waals surface area contributed by atoms with Crippen LogP contribution in [0, 0.1) is 12.7 Å². The average Bonchev–Trinajstić information content (AvgIpc) is 3.02. The van der Waals surface area contributed by atoms with Crippen molar-refractivity contribution in [3.63, 3.8) is 0 Å². The lowest BCUT2D eigenvalue weighted by Crippen LogP contribution is -2.22. The summed E-state index contributed by atoms with van der Waals surface area (Å²) < 4.78 is 18.4. The molecule has 0 spiro atoms. The Hall–Kier alpha value is -3.02. The van der Waals surface area contributed by atoms with Crippen molar-refractivity contribution in [3.05, 3.63) is 71.4 Å². The first kappa shape index (κ1) is 14.9. The van der Waals surface area contributed by atoms with Gasteiger partial charge in [-0.3, -0.25) is 4.79 Å². The highest BCUT2D eigenvalue weighted by Crippen LogP contribution is 2.21. The summed E-state index contributed by atoms with van der Waals surface area (Å²) in [4.78, 5) is 11.9. The van der Waals surface area contributed by atoms with Crippen molar-refractivity contribution in [1.29, 1.82) is 0 Å². The summed E-state index contributed by atoms with van der Waals surface area (Å²) in [6.45, 7) is 2.06. The smallest absolute Gasteiger partial charge is 0.251 e. The lowest BCUT2D eigenvalue weighted by molar-refractivity contribution is 0.0947. The molecule has 0 atom stereocenters. The van der Waals surface area contributed by atoms with Gasteiger partial charge in [-0.2, -0.15) is 0 Å². The molecule has 1 amide bonds. The van der Waals surface area contributed by atoms with Gasteiger partial charge in [-0.15, -0.1) is 10.2 Å². The zero-order valence-corrected chi connectivity index (χ0v) is 12.4. The molecule has 0 radical (unpaired) electrons. The topological polar surface area (TPSA) is 68.0 Å². The number of halogens is 1. The van der Waals surface area contributed by atoms with Crippen molar-refractivity contribution in [2.75, 3.05) is 0 Å². The first-order valence-corrected chi connectivity index (χ1v) is 7.05. The molecule has 0 unspecified atom stereocenters. The monoisotopic (exact) mass is 311 g/mol. The van der Waals surface area contributed by atoms with Gasteiger partial charge in [0.1, 0.15) is 5.82 Å². The fourth-order valence-corrected chi connectivity index (χ4v) is 2.11. The highest BCUT2D eigenvalue weighted by atomic mass is 19.1. The summed E-state index contributed by atoms with van der Waals surface area (Å²) in [6.07, 6.45) is 0. The lowest BCUT2D eigenvalue weighted by atomic mass is 10.1. The number of hydrogen-bond acceptors (Lipinski definition) is 4. The second kappa shape index (κ2) is 6.39. The Morgan fingerprint density at radius 1 is 1.13 bits per heavy atom. The zero-order valence-electron chi connectivity index (χ0n) is 12.4. The molecule has 3 rings (SSSR count). The summed E-state index contributed by atoms with van der Waals surface area (Å²) >= 11 is 0. The third kappa shape index (κ3) is 3.42. The van der Waals surface area contributed by atoms with Crippen LogP contribution in [0.3, 0.4) is 0 Å². The summed E-state index contributed by atoms with van der Waals surface area (Å²) in [6, 6.07) is 13.0. The second-order valence-electron chi connectivity index (χ2n) is 5.01. The van der Waals surface area contributed by atoms with Crippen molar-refractivity contribution in [2.24, 2.45) is 0 Å². The van der Waals surface area contributed by atoms with Crippen molar-refractivity contribution >= 4 is 5.91 Å². The molecular formula is C17H14FN3O2. The normalized spacial score (nSPS) is 10.5. The standard InChI is InChI=1S/C17H14FN3O2/c1-11-4-2-3-5-14(11)17-21-20-15(23-17)10-19-16(22)12-6-8-13(18)9-7-12/h2-9H,10H2,1H3,(H,19,22). The maximum Gasteiger partial charge on any atom is 0.251 e. The number of rotatable bonds is 4. The van der Waals surface area contributed by atoms with Crippen LogP contribution < -0.4 is 5.32 Å². The predicted octanol–water partition coefficient (Wildman–Crippen LogP) is 3.11. The van der Waals surface area contributed by atoms with Crippen LogP contribution in [0.1, 0.15) is 21.8 Å². The number of benzene rings is 2. The van der Waals surface area contributed by atoms with Gasteiger partial charge < -0.3 is 9.73 Å². The van der Waals surface area contributed by atoms with Crippen LogP contribution in [0.15, 0.2) is 52.9 Å². The number of nitrogens with zero attached hydrogens (tertiary/aromatic N) is 2. The van der Waals surface area contributed by atoms with Crippen LogP contribution in [0.5, 0.6) is 0 Å². The summed E-state index contributed by atoms with van der Waals surface area (Å²) in [5.41, 5.74) is 2.25. The van der Waals surface area contributed by atoms with Gasteiger partial charge in [-0.25, -0.2) is 4.39 Å². The largest absolute Gasteiger partial charge is 0.419 e. The molecule has 0 saturated heterocycles. The zero-order chi connectivity index (χ0) is 16.2. The van der Waals surface area contributed by atoms with E-state index in [0.29, 0.717) is 17.3 Å².